The molecule has 2 heterocycles. The van der Waals surface area contributed by atoms with Gasteiger partial charge in [-0.05, 0) is 49.3 Å². The minimum Gasteiger partial charge on any atom is -0.507 e. The number of aliphatic hydroxyl groups is 1. The molecule has 0 unspecified atom stereocenters. The first-order valence-corrected chi connectivity index (χ1v) is 11.2. The first-order chi connectivity index (χ1) is 15.8. The SMILES string of the molecule is CC(C)c1ccc([C@@H]2/C(=C(\O)c3ccc4c(c3)OCCO4)C(=O)C(=O)N2CCN(C)C)cc1. The number of hydrogen-bond acceptors (Lipinski definition) is 6. The molecule has 4 rings (SSSR count). The molecule has 0 aromatic heterocycles. The third-order valence-corrected chi connectivity index (χ3v) is 6.06. The number of carbonyl (C=O) groups is 2. The highest BCUT2D eigenvalue weighted by atomic mass is 16.6. The first kappa shape index (κ1) is 22.9. The van der Waals surface area contributed by atoms with E-state index in [1.807, 2.05) is 43.3 Å². The van der Waals surface area contributed by atoms with Crippen molar-refractivity contribution in [3.05, 3.63) is 64.7 Å². The van der Waals surface area contributed by atoms with Crippen molar-refractivity contribution in [2.24, 2.45) is 0 Å². The molecule has 1 N–H and O–H groups in total. The van der Waals surface area contributed by atoms with Crippen LogP contribution < -0.4 is 9.47 Å². The van der Waals surface area contributed by atoms with E-state index in [2.05, 4.69) is 13.8 Å². The molecule has 0 spiro atoms. The van der Waals surface area contributed by atoms with Crippen LogP contribution in [0.5, 0.6) is 11.5 Å². The zero-order chi connectivity index (χ0) is 23.7. The minimum absolute atomic E-state index is 0.0905. The van der Waals surface area contributed by atoms with E-state index < -0.39 is 17.7 Å². The molecule has 0 bridgehead atoms. The Bertz CT molecular complexity index is 1090. The van der Waals surface area contributed by atoms with E-state index >= 15 is 0 Å². The van der Waals surface area contributed by atoms with Gasteiger partial charge >= 0.3 is 0 Å². The van der Waals surface area contributed by atoms with Crippen molar-refractivity contribution in [2.45, 2.75) is 25.8 Å². The van der Waals surface area contributed by atoms with Gasteiger partial charge in [0.05, 0.1) is 11.6 Å². The van der Waals surface area contributed by atoms with Crippen molar-refractivity contribution in [2.75, 3.05) is 40.4 Å². The number of rotatable bonds is 6. The van der Waals surface area contributed by atoms with E-state index in [9.17, 15) is 14.7 Å². The molecule has 174 valence electrons. The van der Waals surface area contributed by atoms with Crippen LogP contribution in [0.15, 0.2) is 48.0 Å². The predicted molar refractivity (Wildman–Crippen MR) is 126 cm³/mol. The van der Waals surface area contributed by atoms with Gasteiger partial charge in [-0.15, -0.1) is 0 Å². The summed E-state index contributed by atoms with van der Waals surface area (Å²) in [5, 5.41) is 11.3. The van der Waals surface area contributed by atoms with Crippen LogP contribution in [0.1, 0.15) is 42.5 Å². The average Bonchev–Trinajstić information content (AvgIpc) is 3.06. The lowest BCUT2D eigenvalue weighted by Crippen LogP contribution is -2.35. The Morgan fingerprint density at radius 2 is 1.73 bits per heavy atom. The van der Waals surface area contributed by atoms with Gasteiger partial charge in [-0.25, -0.2) is 0 Å². The Balaban J connectivity index is 1.81. The van der Waals surface area contributed by atoms with Gasteiger partial charge in [-0.1, -0.05) is 38.1 Å². The number of aliphatic hydroxyl groups excluding tert-OH is 1. The second kappa shape index (κ2) is 9.27. The van der Waals surface area contributed by atoms with Crippen molar-refractivity contribution >= 4 is 17.4 Å². The number of benzene rings is 2. The van der Waals surface area contributed by atoms with Gasteiger partial charge in [0, 0.05) is 18.7 Å². The molecule has 1 atom stereocenters. The second-order valence-electron chi connectivity index (χ2n) is 8.98. The average molecular weight is 451 g/mol. The maximum absolute atomic E-state index is 13.1. The molecule has 7 heteroatoms. The van der Waals surface area contributed by atoms with Crippen molar-refractivity contribution < 1.29 is 24.2 Å². The maximum Gasteiger partial charge on any atom is 0.295 e. The number of Topliss-reactive ketones (excluding diaryl/α,β-unsaturated/α-hetero) is 1. The number of ether oxygens (including phenoxy) is 2. The molecule has 2 aromatic carbocycles. The number of nitrogens with zero attached hydrogens (tertiary/aromatic N) is 2. The Labute approximate surface area is 194 Å². The lowest BCUT2D eigenvalue weighted by molar-refractivity contribution is -0.140. The third-order valence-electron chi connectivity index (χ3n) is 6.06. The van der Waals surface area contributed by atoms with Gasteiger partial charge in [0.1, 0.15) is 19.0 Å². The summed E-state index contributed by atoms with van der Waals surface area (Å²) in [6.45, 7) is 6.06. The van der Waals surface area contributed by atoms with E-state index in [1.54, 1.807) is 23.1 Å². The van der Waals surface area contributed by atoms with Crippen LogP contribution in [0, 0.1) is 0 Å². The fourth-order valence-electron chi connectivity index (χ4n) is 4.17. The lowest BCUT2D eigenvalue weighted by atomic mass is 9.93. The molecule has 1 fully saturated rings. The number of likely N-dealkylation sites (N-methyl/N-ethyl adjacent to an activating group) is 1. The Kier molecular flexibility index (Phi) is 6.42. The van der Waals surface area contributed by atoms with Crippen LogP contribution in [0.25, 0.3) is 5.76 Å². The highest BCUT2D eigenvalue weighted by Gasteiger charge is 2.46. The minimum atomic E-state index is -0.681. The lowest BCUT2D eigenvalue weighted by Gasteiger charge is -2.27. The van der Waals surface area contributed by atoms with Gasteiger partial charge in [0.15, 0.2) is 11.5 Å². The van der Waals surface area contributed by atoms with Gasteiger partial charge in [-0.2, -0.15) is 0 Å². The smallest absolute Gasteiger partial charge is 0.295 e. The fraction of sp³-hybridized carbons (Fsp3) is 0.385. The molecule has 0 aliphatic carbocycles. The van der Waals surface area contributed by atoms with Crippen molar-refractivity contribution in [1.29, 1.82) is 0 Å². The zero-order valence-electron chi connectivity index (χ0n) is 19.5. The standard InChI is InChI=1S/C26H30N2O5/c1-16(2)17-5-7-18(8-6-17)23-22(25(30)26(31)28(23)12-11-27(3)4)24(29)19-9-10-20-21(15-19)33-14-13-32-20/h5-10,15-16,23,29H,11-14H2,1-4H3/b24-22+/t23-/m1/s1. The van der Waals surface area contributed by atoms with E-state index in [0.717, 1.165) is 11.1 Å². The van der Waals surface area contributed by atoms with Gasteiger partial charge in [0.25, 0.3) is 11.7 Å². The number of carbonyl (C=O) groups excluding carboxylic acids is 2. The molecule has 1 amide bonds. The number of likely N-dealkylation sites (tertiary alicyclic amines) is 1. The molecule has 0 saturated carbocycles. The highest BCUT2D eigenvalue weighted by Crippen LogP contribution is 2.41. The van der Waals surface area contributed by atoms with Crippen LogP contribution in [0.4, 0.5) is 0 Å². The van der Waals surface area contributed by atoms with Gasteiger partial charge in [0.2, 0.25) is 0 Å². The highest BCUT2D eigenvalue weighted by molar-refractivity contribution is 6.46. The summed E-state index contributed by atoms with van der Waals surface area (Å²) in [7, 11) is 3.83. The summed E-state index contributed by atoms with van der Waals surface area (Å²) in [5.74, 6) is -0.0459. The number of amides is 1. The largest absolute Gasteiger partial charge is 0.507 e. The zero-order valence-corrected chi connectivity index (χ0v) is 19.5. The summed E-state index contributed by atoms with van der Waals surface area (Å²) < 4.78 is 11.2. The van der Waals surface area contributed by atoms with Crippen LogP contribution in [-0.4, -0.2) is 67.0 Å². The van der Waals surface area contributed by atoms with E-state index in [1.165, 1.54) is 0 Å². The summed E-state index contributed by atoms with van der Waals surface area (Å²) in [5.41, 5.74) is 2.45. The van der Waals surface area contributed by atoms with Crippen LogP contribution >= 0.6 is 0 Å². The van der Waals surface area contributed by atoms with Gasteiger partial charge < -0.3 is 24.4 Å². The van der Waals surface area contributed by atoms with E-state index in [0.29, 0.717) is 49.3 Å². The maximum atomic E-state index is 13.1. The summed E-state index contributed by atoms with van der Waals surface area (Å²) in [4.78, 5) is 29.7. The molecule has 0 radical (unpaired) electrons. The number of ketones is 1. The Hall–Kier alpha value is -3.32. The number of hydrogen-bond donors (Lipinski definition) is 1. The molecule has 2 aliphatic rings. The molecule has 2 aromatic rings. The normalized spacial score (nSPS) is 19.6. The first-order valence-electron chi connectivity index (χ1n) is 11.2. The van der Waals surface area contributed by atoms with Crippen LogP contribution in [0.2, 0.25) is 0 Å². The molecule has 1 saturated heterocycles. The summed E-state index contributed by atoms with van der Waals surface area (Å²) in [6.07, 6.45) is 0. The van der Waals surface area contributed by atoms with E-state index in [4.69, 9.17) is 9.47 Å². The molecular formula is C26H30N2O5. The molecule has 33 heavy (non-hydrogen) atoms. The van der Waals surface area contributed by atoms with E-state index in [-0.39, 0.29) is 11.3 Å². The fourth-order valence-corrected chi connectivity index (χ4v) is 4.17. The Morgan fingerprint density at radius 1 is 1.06 bits per heavy atom. The topological polar surface area (TPSA) is 79.3 Å². The molecule has 2 aliphatic heterocycles. The predicted octanol–water partition coefficient (Wildman–Crippen LogP) is 3.56. The van der Waals surface area contributed by atoms with Crippen molar-refractivity contribution in [3.8, 4) is 11.5 Å². The van der Waals surface area contributed by atoms with Crippen molar-refractivity contribution in [1.82, 2.24) is 9.80 Å². The Morgan fingerprint density at radius 3 is 2.36 bits per heavy atom. The van der Waals surface area contributed by atoms with Crippen molar-refractivity contribution in [3.63, 3.8) is 0 Å². The molecule has 7 nitrogen and oxygen atoms in total. The van der Waals surface area contributed by atoms with Gasteiger partial charge in [-0.3, -0.25) is 9.59 Å². The molecular weight excluding hydrogens is 420 g/mol. The monoisotopic (exact) mass is 450 g/mol. The third kappa shape index (κ3) is 4.46. The second-order valence-corrected chi connectivity index (χ2v) is 8.98. The quantitative estimate of drug-likeness (QED) is 0.412. The van der Waals surface area contributed by atoms with Crippen LogP contribution in [0.3, 0.4) is 0 Å². The summed E-state index contributed by atoms with van der Waals surface area (Å²) >= 11 is 0. The summed E-state index contributed by atoms with van der Waals surface area (Å²) in [6, 6.07) is 12.3. The van der Waals surface area contributed by atoms with Crippen LogP contribution in [-0.2, 0) is 9.59 Å². The number of fused-ring (bicyclic) bond motifs is 1.